The quantitative estimate of drug-likeness (QED) is 0.695. The molecule has 2 aromatic heterocycles. The zero-order valence-electron chi connectivity index (χ0n) is 7.70. The number of H-pyrrole nitrogens is 1. The van der Waals surface area contributed by atoms with Gasteiger partial charge in [0.1, 0.15) is 23.4 Å². The summed E-state index contributed by atoms with van der Waals surface area (Å²) in [7, 11) is 0. The standard InChI is InChI=1S/C9H9N5/c1-2-6-13-8(11)7-5(3-10)4-12-9(7)14-6/h4H,2H2,1H3,(H3,11,12,13,14). The van der Waals surface area contributed by atoms with Crippen LogP contribution in [0.1, 0.15) is 18.3 Å². The predicted molar refractivity (Wildman–Crippen MR) is 52.4 cm³/mol. The second-order valence-corrected chi connectivity index (χ2v) is 2.92. The SMILES string of the molecule is CCc1nc(N)c2c(C#N)c[nH]c2n1. The van der Waals surface area contributed by atoms with E-state index in [2.05, 4.69) is 15.0 Å². The largest absolute Gasteiger partial charge is 0.383 e. The summed E-state index contributed by atoms with van der Waals surface area (Å²) >= 11 is 0. The number of hydrogen-bond donors (Lipinski definition) is 2. The Bertz CT molecular complexity index is 520. The minimum absolute atomic E-state index is 0.365. The van der Waals surface area contributed by atoms with Gasteiger partial charge in [-0.1, -0.05) is 6.92 Å². The van der Waals surface area contributed by atoms with Crippen LogP contribution in [0.25, 0.3) is 11.0 Å². The minimum Gasteiger partial charge on any atom is -0.383 e. The molecule has 5 heteroatoms. The van der Waals surface area contributed by atoms with E-state index in [-0.39, 0.29) is 0 Å². The van der Waals surface area contributed by atoms with Gasteiger partial charge in [0.2, 0.25) is 0 Å². The second kappa shape index (κ2) is 3.00. The van der Waals surface area contributed by atoms with Crippen molar-refractivity contribution in [1.82, 2.24) is 15.0 Å². The lowest BCUT2D eigenvalue weighted by Crippen LogP contribution is -1.99. The molecule has 0 spiro atoms. The minimum atomic E-state index is 0.365. The van der Waals surface area contributed by atoms with Crippen LogP contribution >= 0.6 is 0 Å². The van der Waals surface area contributed by atoms with Gasteiger partial charge in [-0.05, 0) is 0 Å². The molecule has 0 aromatic carbocycles. The van der Waals surface area contributed by atoms with E-state index < -0.39 is 0 Å². The molecule has 0 bridgehead atoms. The van der Waals surface area contributed by atoms with Crippen molar-refractivity contribution in [3.05, 3.63) is 17.6 Å². The van der Waals surface area contributed by atoms with E-state index >= 15 is 0 Å². The smallest absolute Gasteiger partial charge is 0.144 e. The molecular weight excluding hydrogens is 178 g/mol. The van der Waals surface area contributed by atoms with Gasteiger partial charge in [0.15, 0.2) is 0 Å². The molecule has 0 atom stereocenters. The Labute approximate surface area is 80.6 Å². The lowest BCUT2D eigenvalue weighted by atomic mass is 10.2. The first-order valence-electron chi connectivity index (χ1n) is 4.29. The zero-order chi connectivity index (χ0) is 10.1. The maximum atomic E-state index is 8.79. The predicted octanol–water partition coefficient (Wildman–Crippen LogP) is 0.974. The van der Waals surface area contributed by atoms with Crippen LogP contribution < -0.4 is 5.73 Å². The number of nitrogen functional groups attached to an aromatic ring is 1. The average molecular weight is 187 g/mol. The third-order valence-corrected chi connectivity index (χ3v) is 2.04. The topological polar surface area (TPSA) is 91.4 Å². The molecule has 5 nitrogen and oxygen atoms in total. The molecule has 0 radical (unpaired) electrons. The highest BCUT2D eigenvalue weighted by Crippen LogP contribution is 2.20. The van der Waals surface area contributed by atoms with Gasteiger partial charge in [-0.15, -0.1) is 0 Å². The van der Waals surface area contributed by atoms with Gasteiger partial charge in [-0.3, -0.25) is 0 Å². The van der Waals surface area contributed by atoms with Gasteiger partial charge in [-0.25, -0.2) is 9.97 Å². The summed E-state index contributed by atoms with van der Waals surface area (Å²) in [6.07, 6.45) is 2.32. The molecule has 0 aliphatic rings. The molecule has 2 rings (SSSR count). The summed E-state index contributed by atoms with van der Waals surface area (Å²) in [6.45, 7) is 1.95. The molecule has 0 unspecified atom stereocenters. The van der Waals surface area contributed by atoms with Gasteiger partial charge in [-0.2, -0.15) is 5.26 Å². The maximum Gasteiger partial charge on any atom is 0.144 e. The van der Waals surface area contributed by atoms with Gasteiger partial charge in [0.05, 0.1) is 10.9 Å². The Morgan fingerprint density at radius 2 is 2.36 bits per heavy atom. The van der Waals surface area contributed by atoms with Crippen molar-refractivity contribution in [2.24, 2.45) is 0 Å². The van der Waals surface area contributed by atoms with Crippen LogP contribution in [-0.2, 0) is 6.42 Å². The normalized spacial score (nSPS) is 10.3. The van der Waals surface area contributed by atoms with Crippen molar-refractivity contribution in [2.75, 3.05) is 5.73 Å². The number of fused-ring (bicyclic) bond motifs is 1. The third kappa shape index (κ3) is 1.09. The molecular formula is C9H9N5. The number of rotatable bonds is 1. The van der Waals surface area contributed by atoms with Crippen LogP contribution in [0.15, 0.2) is 6.20 Å². The van der Waals surface area contributed by atoms with E-state index in [4.69, 9.17) is 11.0 Å². The summed E-state index contributed by atoms with van der Waals surface area (Å²) in [4.78, 5) is 11.2. The van der Waals surface area contributed by atoms with Gasteiger partial charge >= 0.3 is 0 Å². The summed E-state index contributed by atoms with van der Waals surface area (Å²) in [5, 5.41) is 9.41. The van der Waals surface area contributed by atoms with Crippen molar-refractivity contribution < 1.29 is 0 Å². The molecule has 0 fully saturated rings. The molecule has 0 amide bonds. The van der Waals surface area contributed by atoms with Crippen LogP contribution in [0.2, 0.25) is 0 Å². The van der Waals surface area contributed by atoms with Crippen LogP contribution in [0.4, 0.5) is 5.82 Å². The highest BCUT2D eigenvalue weighted by molar-refractivity contribution is 5.91. The monoisotopic (exact) mass is 187 g/mol. The first-order chi connectivity index (χ1) is 6.76. The number of nitrogens with two attached hydrogens (primary N) is 1. The van der Waals surface area contributed by atoms with Crippen molar-refractivity contribution in [1.29, 1.82) is 5.26 Å². The number of aromatic amines is 1. The fourth-order valence-corrected chi connectivity index (χ4v) is 1.36. The summed E-state index contributed by atoms with van der Waals surface area (Å²) in [5.41, 5.74) is 6.85. The third-order valence-electron chi connectivity index (χ3n) is 2.04. The number of nitrogens with zero attached hydrogens (tertiary/aromatic N) is 3. The van der Waals surface area contributed by atoms with E-state index in [0.29, 0.717) is 28.2 Å². The molecule has 70 valence electrons. The summed E-state index contributed by atoms with van der Waals surface area (Å²) < 4.78 is 0. The molecule has 0 saturated carbocycles. The molecule has 2 heterocycles. The summed E-state index contributed by atoms with van der Waals surface area (Å²) in [6, 6.07) is 2.04. The van der Waals surface area contributed by atoms with Crippen molar-refractivity contribution >= 4 is 16.9 Å². The first kappa shape index (κ1) is 8.51. The Morgan fingerprint density at radius 1 is 1.57 bits per heavy atom. The first-order valence-corrected chi connectivity index (χ1v) is 4.29. The number of nitrogens with one attached hydrogen (secondary N) is 1. The average Bonchev–Trinajstić information content (AvgIpc) is 2.61. The van der Waals surface area contributed by atoms with E-state index in [0.717, 1.165) is 6.42 Å². The highest BCUT2D eigenvalue weighted by Gasteiger charge is 2.10. The number of hydrogen-bond acceptors (Lipinski definition) is 4. The van der Waals surface area contributed by atoms with Gasteiger partial charge in [0.25, 0.3) is 0 Å². The molecule has 2 aromatic rings. The maximum absolute atomic E-state index is 8.79. The van der Waals surface area contributed by atoms with Crippen molar-refractivity contribution in [3.63, 3.8) is 0 Å². The summed E-state index contributed by atoms with van der Waals surface area (Å²) in [5.74, 6) is 1.05. The van der Waals surface area contributed by atoms with Crippen molar-refractivity contribution in [3.8, 4) is 6.07 Å². The van der Waals surface area contributed by atoms with Crippen LogP contribution in [0.5, 0.6) is 0 Å². The van der Waals surface area contributed by atoms with E-state index in [9.17, 15) is 0 Å². The Balaban J connectivity index is 2.80. The Kier molecular flexibility index (Phi) is 1.82. The van der Waals surface area contributed by atoms with Crippen LogP contribution in [0, 0.1) is 11.3 Å². The van der Waals surface area contributed by atoms with E-state index in [1.807, 2.05) is 13.0 Å². The van der Waals surface area contributed by atoms with Crippen LogP contribution in [-0.4, -0.2) is 15.0 Å². The highest BCUT2D eigenvalue weighted by atomic mass is 15.0. The van der Waals surface area contributed by atoms with Gasteiger partial charge < -0.3 is 10.7 Å². The lowest BCUT2D eigenvalue weighted by molar-refractivity contribution is 0.961. The fourth-order valence-electron chi connectivity index (χ4n) is 1.36. The molecule has 0 saturated heterocycles. The zero-order valence-corrected chi connectivity index (χ0v) is 7.70. The number of anilines is 1. The number of aryl methyl sites for hydroxylation is 1. The van der Waals surface area contributed by atoms with Crippen molar-refractivity contribution in [2.45, 2.75) is 13.3 Å². The molecule has 0 aliphatic carbocycles. The fraction of sp³-hybridized carbons (Fsp3) is 0.222. The Morgan fingerprint density at radius 3 is 3.00 bits per heavy atom. The molecule has 14 heavy (non-hydrogen) atoms. The molecule has 0 aliphatic heterocycles. The van der Waals surface area contributed by atoms with E-state index in [1.54, 1.807) is 6.20 Å². The van der Waals surface area contributed by atoms with E-state index in [1.165, 1.54) is 0 Å². The Hall–Kier alpha value is -2.09. The number of aromatic nitrogens is 3. The molecule has 3 N–H and O–H groups in total. The lowest BCUT2D eigenvalue weighted by Gasteiger charge is -1.99. The number of nitriles is 1. The van der Waals surface area contributed by atoms with Crippen LogP contribution in [0.3, 0.4) is 0 Å². The second-order valence-electron chi connectivity index (χ2n) is 2.92. The van der Waals surface area contributed by atoms with Gasteiger partial charge in [0, 0.05) is 12.6 Å².